The van der Waals surface area contributed by atoms with Crippen LogP contribution >= 0.6 is 0 Å². The first kappa shape index (κ1) is 22.6. The minimum atomic E-state index is -0.503. The number of hydrogen-bond donors (Lipinski definition) is 1. The highest BCUT2D eigenvalue weighted by atomic mass is 16.2. The number of aliphatic imine (C=N–C) groups is 1. The molecule has 2 aromatic carbocycles. The van der Waals surface area contributed by atoms with Crippen LogP contribution in [0.4, 0.5) is 4.79 Å². The van der Waals surface area contributed by atoms with Crippen LogP contribution in [0.2, 0.25) is 0 Å². The van der Waals surface area contributed by atoms with Crippen molar-refractivity contribution in [2.45, 2.75) is 32.2 Å². The molecule has 8 nitrogen and oxygen atoms in total. The zero-order chi connectivity index (χ0) is 23.7. The van der Waals surface area contributed by atoms with E-state index in [1.807, 2.05) is 12.1 Å². The van der Waals surface area contributed by atoms with Gasteiger partial charge in [-0.15, -0.1) is 0 Å². The van der Waals surface area contributed by atoms with Crippen LogP contribution in [-0.2, 0) is 17.9 Å². The molecular formula is C26H32N6O2. The number of carbonyl (C=O) groups excluding carboxylic acids is 2. The van der Waals surface area contributed by atoms with Crippen molar-refractivity contribution in [2.24, 2.45) is 4.99 Å². The van der Waals surface area contributed by atoms with Gasteiger partial charge in [0.1, 0.15) is 5.84 Å². The number of piperazine rings is 1. The Morgan fingerprint density at radius 2 is 1.53 bits per heavy atom. The van der Waals surface area contributed by atoms with Crippen LogP contribution in [0.1, 0.15) is 16.7 Å². The van der Waals surface area contributed by atoms with E-state index >= 15 is 0 Å². The summed E-state index contributed by atoms with van der Waals surface area (Å²) in [4.78, 5) is 38.6. The summed E-state index contributed by atoms with van der Waals surface area (Å²) in [7, 11) is 1.71. The van der Waals surface area contributed by atoms with Gasteiger partial charge in [-0.2, -0.15) is 0 Å². The second kappa shape index (κ2) is 9.56. The lowest BCUT2D eigenvalue weighted by Gasteiger charge is -2.38. The van der Waals surface area contributed by atoms with E-state index in [0.29, 0.717) is 13.1 Å². The summed E-state index contributed by atoms with van der Waals surface area (Å²) in [5, 5.41) is 2.50. The molecule has 0 aromatic heterocycles. The maximum absolute atomic E-state index is 12.9. The predicted molar refractivity (Wildman–Crippen MR) is 131 cm³/mol. The second-order valence-corrected chi connectivity index (χ2v) is 9.40. The lowest BCUT2D eigenvalue weighted by Crippen LogP contribution is -2.63. The van der Waals surface area contributed by atoms with E-state index in [1.54, 1.807) is 11.9 Å². The molecule has 0 bridgehead atoms. The number of nitrogens with one attached hydrogen (secondary N) is 1. The molecule has 0 saturated carbocycles. The maximum Gasteiger partial charge on any atom is 0.325 e. The largest absolute Gasteiger partial charge is 0.339 e. The molecule has 3 heterocycles. The number of amides is 3. The van der Waals surface area contributed by atoms with Crippen LogP contribution in [0.25, 0.3) is 0 Å². The van der Waals surface area contributed by atoms with Crippen molar-refractivity contribution in [1.82, 2.24) is 24.9 Å². The molecular weight excluding hydrogens is 428 g/mol. The molecule has 5 rings (SSSR count). The van der Waals surface area contributed by atoms with Crippen molar-refractivity contribution in [3.63, 3.8) is 0 Å². The monoisotopic (exact) mass is 460 g/mol. The lowest BCUT2D eigenvalue weighted by atomic mass is 10.1. The van der Waals surface area contributed by atoms with E-state index in [9.17, 15) is 9.59 Å². The molecule has 178 valence electrons. The molecule has 2 atom stereocenters. The van der Waals surface area contributed by atoms with E-state index in [-0.39, 0.29) is 11.9 Å². The van der Waals surface area contributed by atoms with E-state index < -0.39 is 12.2 Å². The average molecular weight is 461 g/mol. The van der Waals surface area contributed by atoms with E-state index in [0.717, 1.165) is 44.1 Å². The summed E-state index contributed by atoms with van der Waals surface area (Å²) in [5.74, 6) is 0.611. The van der Waals surface area contributed by atoms with Gasteiger partial charge in [0.25, 0.3) is 5.91 Å². The van der Waals surface area contributed by atoms with Crippen LogP contribution < -0.4 is 5.32 Å². The molecule has 0 spiro atoms. The Morgan fingerprint density at radius 3 is 2.24 bits per heavy atom. The molecule has 2 saturated heterocycles. The van der Waals surface area contributed by atoms with E-state index in [1.165, 1.54) is 11.1 Å². The number of urea groups is 1. The minimum Gasteiger partial charge on any atom is -0.339 e. The quantitative estimate of drug-likeness (QED) is 0.713. The number of fused-ring (bicyclic) bond motifs is 1. The Kier molecular flexibility index (Phi) is 6.34. The molecule has 2 unspecified atom stereocenters. The van der Waals surface area contributed by atoms with Gasteiger partial charge in [-0.3, -0.25) is 19.9 Å². The molecule has 8 heteroatoms. The van der Waals surface area contributed by atoms with Crippen molar-refractivity contribution in [2.75, 3.05) is 39.8 Å². The summed E-state index contributed by atoms with van der Waals surface area (Å²) >= 11 is 0. The summed E-state index contributed by atoms with van der Waals surface area (Å²) in [6.07, 6.45) is -0.486. The number of hydrogen-bond acceptors (Lipinski definition) is 6. The van der Waals surface area contributed by atoms with E-state index in [4.69, 9.17) is 4.99 Å². The Labute approximate surface area is 200 Å². The first-order valence-corrected chi connectivity index (χ1v) is 11.9. The zero-order valence-electron chi connectivity index (χ0n) is 19.9. The Hall–Kier alpha value is -3.23. The van der Waals surface area contributed by atoms with Gasteiger partial charge in [0.15, 0.2) is 12.2 Å². The van der Waals surface area contributed by atoms with Crippen LogP contribution in [0.5, 0.6) is 0 Å². The summed E-state index contributed by atoms with van der Waals surface area (Å²) < 4.78 is 0. The molecule has 3 amide bonds. The fraction of sp³-hybridized carbons (Fsp3) is 0.423. The second-order valence-electron chi connectivity index (χ2n) is 9.40. The Morgan fingerprint density at radius 1 is 0.882 bits per heavy atom. The van der Waals surface area contributed by atoms with Crippen LogP contribution in [0, 0.1) is 6.92 Å². The lowest BCUT2D eigenvalue weighted by molar-refractivity contribution is -0.127. The normalized spacial score (nSPS) is 23.6. The van der Waals surface area contributed by atoms with Crippen LogP contribution in [-0.4, -0.2) is 89.4 Å². The third kappa shape index (κ3) is 4.56. The van der Waals surface area contributed by atoms with Crippen molar-refractivity contribution in [3.05, 3.63) is 71.3 Å². The molecule has 3 aliphatic heterocycles. The fourth-order valence-corrected chi connectivity index (χ4v) is 5.02. The highest BCUT2D eigenvalue weighted by Gasteiger charge is 2.48. The van der Waals surface area contributed by atoms with Gasteiger partial charge < -0.3 is 9.80 Å². The number of imide groups is 1. The first-order valence-electron chi connectivity index (χ1n) is 11.9. The van der Waals surface area contributed by atoms with Gasteiger partial charge in [-0.25, -0.2) is 9.79 Å². The number of nitrogens with zero attached hydrogens (tertiary/aromatic N) is 5. The number of likely N-dealkylation sites (N-methyl/N-ethyl adjacent to an activating group) is 1. The minimum absolute atomic E-state index is 0.270. The van der Waals surface area contributed by atoms with Crippen molar-refractivity contribution in [3.8, 4) is 0 Å². The van der Waals surface area contributed by atoms with Crippen LogP contribution in [0.3, 0.4) is 0 Å². The standard InChI is InChI=1S/C26H32N6O2/c1-19-8-6-7-11-21(19)17-32-22(27-24-23(32)25(33)28-26(34)29(24)2)18-31-14-12-30(13-15-31)16-20-9-4-3-5-10-20/h3-11,23-24H,12-18H2,1-2H3,(H,28,33,34). The van der Waals surface area contributed by atoms with Crippen LogP contribution in [0.15, 0.2) is 59.6 Å². The highest BCUT2D eigenvalue weighted by molar-refractivity contribution is 6.04. The van der Waals surface area contributed by atoms with Gasteiger partial charge >= 0.3 is 6.03 Å². The maximum atomic E-state index is 12.9. The molecule has 1 N–H and O–H groups in total. The molecule has 2 aromatic rings. The Balaban J connectivity index is 1.30. The summed E-state index contributed by atoms with van der Waals surface area (Å²) in [5.41, 5.74) is 3.68. The molecule has 3 aliphatic rings. The van der Waals surface area contributed by atoms with Crippen molar-refractivity contribution < 1.29 is 9.59 Å². The third-order valence-electron chi connectivity index (χ3n) is 7.13. The Bertz CT molecular complexity index is 1080. The SMILES string of the molecule is Cc1ccccc1CN1C(CN2CCN(Cc3ccccc3)CC2)=NC2C1C(=O)NC(=O)N2C. The molecule has 2 fully saturated rings. The number of rotatable bonds is 6. The number of benzene rings is 2. The van der Waals surface area contributed by atoms with Gasteiger partial charge in [-0.1, -0.05) is 54.6 Å². The smallest absolute Gasteiger partial charge is 0.325 e. The van der Waals surface area contributed by atoms with Crippen molar-refractivity contribution >= 4 is 17.8 Å². The number of carbonyl (C=O) groups is 2. The van der Waals surface area contributed by atoms with E-state index in [2.05, 4.69) is 69.4 Å². The topological polar surface area (TPSA) is 71.5 Å². The molecule has 0 aliphatic carbocycles. The average Bonchev–Trinajstić information content (AvgIpc) is 3.19. The summed E-state index contributed by atoms with van der Waals surface area (Å²) in [6, 6.07) is 17.9. The number of aryl methyl sites for hydroxylation is 1. The van der Waals surface area contributed by atoms with Crippen molar-refractivity contribution in [1.29, 1.82) is 0 Å². The van der Waals surface area contributed by atoms with Gasteiger partial charge in [-0.05, 0) is 23.6 Å². The predicted octanol–water partition coefficient (Wildman–Crippen LogP) is 1.90. The first-order chi connectivity index (χ1) is 16.5. The third-order valence-corrected chi connectivity index (χ3v) is 7.13. The number of amidine groups is 1. The van der Waals surface area contributed by atoms with Gasteiger partial charge in [0.05, 0.1) is 6.54 Å². The van der Waals surface area contributed by atoms with Gasteiger partial charge in [0, 0.05) is 46.3 Å². The molecule has 0 radical (unpaired) electrons. The molecule has 34 heavy (non-hydrogen) atoms. The highest BCUT2D eigenvalue weighted by Crippen LogP contribution is 2.27. The fourth-order valence-electron chi connectivity index (χ4n) is 5.02. The zero-order valence-corrected chi connectivity index (χ0v) is 19.9. The van der Waals surface area contributed by atoms with Gasteiger partial charge in [0.2, 0.25) is 0 Å². The summed E-state index contributed by atoms with van der Waals surface area (Å²) in [6.45, 7) is 8.19.